The summed E-state index contributed by atoms with van der Waals surface area (Å²) >= 11 is 5.31. The lowest BCUT2D eigenvalue weighted by Crippen LogP contribution is -2.24. The van der Waals surface area contributed by atoms with Crippen LogP contribution in [0.1, 0.15) is 24.6 Å². The average Bonchev–Trinajstić information content (AvgIpc) is 2.53. The van der Waals surface area contributed by atoms with Gasteiger partial charge in [-0.2, -0.15) is 0 Å². The summed E-state index contributed by atoms with van der Waals surface area (Å²) in [5, 5.41) is 5.47. The smallest absolute Gasteiger partial charge is 0.0285 e. The molecule has 0 radical (unpaired) electrons. The van der Waals surface area contributed by atoms with E-state index < -0.39 is 0 Å². The number of aryl methyl sites for hydroxylation is 1. The van der Waals surface area contributed by atoms with Gasteiger partial charge in [0.1, 0.15) is 0 Å². The van der Waals surface area contributed by atoms with E-state index in [0.717, 1.165) is 0 Å². The Kier molecular flexibility index (Phi) is 4.99. The molecule has 0 saturated carbocycles. The lowest BCUT2D eigenvalue weighted by Gasteiger charge is -2.12. The minimum absolute atomic E-state index is 0.667. The van der Waals surface area contributed by atoms with E-state index >= 15 is 0 Å². The van der Waals surface area contributed by atoms with Crippen LogP contribution in [0.2, 0.25) is 0 Å². The molecule has 1 rings (SSSR count). The second-order valence-electron chi connectivity index (χ2n) is 3.16. The summed E-state index contributed by atoms with van der Waals surface area (Å²) in [6, 6.07) is 2.88. The van der Waals surface area contributed by atoms with Gasteiger partial charge in [0.2, 0.25) is 0 Å². The molecule has 1 nitrogen and oxygen atoms in total. The average molecular weight is 262 g/mol. The number of nitrogens with one attached hydrogen (secondary N) is 1. The Morgan fingerprint density at radius 3 is 2.85 bits per heavy atom. The fourth-order valence-corrected chi connectivity index (χ4v) is 2.82. The van der Waals surface area contributed by atoms with Gasteiger partial charge in [-0.1, -0.05) is 6.92 Å². The van der Waals surface area contributed by atoms with Crippen molar-refractivity contribution in [2.45, 2.75) is 32.2 Å². The van der Waals surface area contributed by atoms with Crippen LogP contribution in [-0.2, 0) is 6.42 Å². The van der Waals surface area contributed by atoms with Gasteiger partial charge < -0.3 is 5.32 Å². The summed E-state index contributed by atoms with van der Waals surface area (Å²) in [6.45, 7) is 2.23. The Hall–Kier alpha value is 0.140. The van der Waals surface area contributed by atoms with Gasteiger partial charge in [-0.3, -0.25) is 0 Å². The molecule has 0 amide bonds. The number of hydrogen-bond acceptors (Lipinski definition) is 2. The molecule has 1 heterocycles. The molecule has 0 aliphatic rings. The summed E-state index contributed by atoms with van der Waals surface area (Å²) in [5.41, 5.74) is 0. The maximum atomic E-state index is 3.47. The Bertz CT molecular complexity index is 243. The van der Waals surface area contributed by atoms with E-state index in [1.165, 1.54) is 28.6 Å². The Labute approximate surface area is 92.7 Å². The van der Waals surface area contributed by atoms with Crippen LogP contribution in [0.15, 0.2) is 15.9 Å². The van der Waals surface area contributed by atoms with Crippen LogP contribution in [0, 0.1) is 0 Å². The van der Waals surface area contributed by atoms with Crippen molar-refractivity contribution in [3.8, 4) is 0 Å². The summed E-state index contributed by atoms with van der Waals surface area (Å²) in [7, 11) is 2.04. The van der Waals surface area contributed by atoms with Crippen molar-refractivity contribution in [2.75, 3.05) is 7.05 Å². The first kappa shape index (κ1) is 11.2. The highest BCUT2D eigenvalue weighted by atomic mass is 79.9. The van der Waals surface area contributed by atoms with Crippen molar-refractivity contribution in [3.05, 3.63) is 20.8 Å². The molecular formula is C10H16BrNS. The summed E-state index contributed by atoms with van der Waals surface area (Å²) in [6.07, 6.45) is 3.64. The third kappa shape index (κ3) is 3.79. The molecule has 1 aromatic heterocycles. The van der Waals surface area contributed by atoms with Crippen molar-refractivity contribution in [1.29, 1.82) is 0 Å². The van der Waals surface area contributed by atoms with Crippen LogP contribution in [0.4, 0.5) is 0 Å². The summed E-state index contributed by atoms with van der Waals surface area (Å²) in [5.74, 6) is 0. The number of rotatable bonds is 5. The molecule has 1 unspecified atom stereocenters. The molecule has 0 bridgehead atoms. The molecule has 74 valence electrons. The maximum absolute atomic E-state index is 3.47. The molecule has 1 N–H and O–H groups in total. The molecule has 0 aliphatic heterocycles. The van der Waals surface area contributed by atoms with Gasteiger partial charge in [0.15, 0.2) is 0 Å². The van der Waals surface area contributed by atoms with Crippen LogP contribution in [0.3, 0.4) is 0 Å². The van der Waals surface area contributed by atoms with Crippen LogP contribution in [0.5, 0.6) is 0 Å². The first-order valence-corrected chi connectivity index (χ1v) is 6.33. The van der Waals surface area contributed by atoms with Gasteiger partial charge >= 0.3 is 0 Å². The fraction of sp³-hybridized carbons (Fsp3) is 0.600. The van der Waals surface area contributed by atoms with Crippen molar-refractivity contribution in [3.63, 3.8) is 0 Å². The monoisotopic (exact) mass is 261 g/mol. The molecule has 1 atom stereocenters. The van der Waals surface area contributed by atoms with E-state index in [2.05, 4.69) is 39.6 Å². The lowest BCUT2D eigenvalue weighted by atomic mass is 10.1. The molecular weight excluding hydrogens is 246 g/mol. The molecule has 0 spiro atoms. The Morgan fingerprint density at radius 1 is 1.62 bits per heavy atom. The van der Waals surface area contributed by atoms with E-state index in [9.17, 15) is 0 Å². The molecule has 1 aromatic rings. The molecule has 0 aliphatic carbocycles. The quantitative estimate of drug-likeness (QED) is 0.857. The zero-order valence-electron chi connectivity index (χ0n) is 8.14. The molecule has 0 saturated heterocycles. The minimum atomic E-state index is 0.667. The maximum Gasteiger partial charge on any atom is 0.0285 e. The topological polar surface area (TPSA) is 12.0 Å². The van der Waals surface area contributed by atoms with E-state index in [1.54, 1.807) is 0 Å². The van der Waals surface area contributed by atoms with Gasteiger partial charge in [-0.15, -0.1) is 11.3 Å². The normalized spacial score (nSPS) is 13.2. The van der Waals surface area contributed by atoms with E-state index in [4.69, 9.17) is 0 Å². The summed E-state index contributed by atoms with van der Waals surface area (Å²) < 4.78 is 1.21. The van der Waals surface area contributed by atoms with Crippen LogP contribution in [0.25, 0.3) is 0 Å². The van der Waals surface area contributed by atoms with Gasteiger partial charge in [-0.25, -0.2) is 0 Å². The summed E-state index contributed by atoms with van der Waals surface area (Å²) in [4.78, 5) is 1.47. The highest BCUT2D eigenvalue weighted by Gasteiger charge is 2.04. The predicted octanol–water partition coefficient (Wildman–Crippen LogP) is 3.44. The van der Waals surface area contributed by atoms with Crippen LogP contribution < -0.4 is 5.32 Å². The molecule has 0 fully saturated rings. The van der Waals surface area contributed by atoms with Crippen molar-refractivity contribution in [1.82, 2.24) is 5.32 Å². The van der Waals surface area contributed by atoms with E-state index in [1.807, 2.05) is 18.4 Å². The lowest BCUT2D eigenvalue weighted by molar-refractivity contribution is 0.510. The predicted molar refractivity (Wildman–Crippen MR) is 63.5 cm³/mol. The van der Waals surface area contributed by atoms with Gasteiger partial charge in [0.25, 0.3) is 0 Å². The molecule has 13 heavy (non-hydrogen) atoms. The van der Waals surface area contributed by atoms with Crippen molar-refractivity contribution in [2.24, 2.45) is 0 Å². The standard InChI is InChI=1S/C10H16BrNS/c1-3-9(12-2)4-5-10-6-8(11)7-13-10/h6-7,9,12H,3-5H2,1-2H3. The van der Waals surface area contributed by atoms with Gasteiger partial charge in [-0.05, 0) is 48.3 Å². The zero-order valence-corrected chi connectivity index (χ0v) is 10.5. The third-order valence-electron chi connectivity index (χ3n) is 2.26. The number of hydrogen-bond donors (Lipinski definition) is 1. The minimum Gasteiger partial charge on any atom is -0.317 e. The Morgan fingerprint density at radius 2 is 2.38 bits per heavy atom. The van der Waals surface area contributed by atoms with Crippen molar-refractivity contribution >= 4 is 27.3 Å². The third-order valence-corrected chi connectivity index (χ3v) is 4.02. The molecule has 0 aromatic carbocycles. The SMILES string of the molecule is CCC(CCc1cc(Br)cs1)NC. The first-order chi connectivity index (χ1) is 6.26. The number of thiophene rings is 1. The van der Waals surface area contributed by atoms with E-state index in [-0.39, 0.29) is 0 Å². The van der Waals surface area contributed by atoms with Crippen LogP contribution >= 0.6 is 27.3 Å². The second kappa shape index (κ2) is 5.78. The number of halogens is 1. The second-order valence-corrected chi connectivity index (χ2v) is 5.08. The fourth-order valence-electron chi connectivity index (χ4n) is 1.35. The largest absolute Gasteiger partial charge is 0.317 e. The van der Waals surface area contributed by atoms with E-state index in [0.29, 0.717) is 6.04 Å². The van der Waals surface area contributed by atoms with Crippen molar-refractivity contribution < 1.29 is 0 Å². The Balaban J connectivity index is 2.33. The zero-order chi connectivity index (χ0) is 9.68. The first-order valence-electron chi connectivity index (χ1n) is 4.66. The van der Waals surface area contributed by atoms with Gasteiger partial charge in [0, 0.05) is 20.8 Å². The highest BCUT2D eigenvalue weighted by molar-refractivity contribution is 9.10. The highest BCUT2D eigenvalue weighted by Crippen LogP contribution is 2.21. The van der Waals surface area contributed by atoms with Crippen LogP contribution in [-0.4, -0.2) is 13.1 Å². The molecule has 3 heteroatoms. The van der Waals surface area contributed by atoms with Gasteiger partial charge in [0.05, 0.1) is 0 Å².